The number of halogens is 1. The van der Waals surface area contributed by atoms with Crippen molar-refractivity contribution in [3.63, 3.8) is 0 Å². The van der Waals surface area contributed by atoms with Gasteiger partial charge in [0.15, 0.2) is 0 Å². The number of aryl methyl sites for hydroxylation is 1. The van der Waals surface area contributed by atoms with Crippen LogP contribution >= 0.6 is 11.6 Å². The lowest BCUT2D eigenvalue weighted by Gasteiger charge is -2.42. The zero-order valence-corrected chi connectivity index (χ0v) is 13.4. The van der Waals surface area contributed by atoms with Gasteiger partial charge in [-0.15, -0.1) is 0 Å². The fraction of sp³-hybridized carbons (Fsp3) is 0.667. The van der Waals surface area contributed by atoms with Gasteiger partial charge in [0, 0.05) is 45.5 Å². The van der Waals surface area contributed by atoms with Gasteiger partial charge in [-0.05, 0) is 19.4 Å². The van der Waals surface area contributed by atoms with Crippen LogP contribution in [0.4, 0.5) is 5.69 Å². The Bertz CT molecular complexity index is 441. The first-order chi connectivity index (χ1) is 9.67. The standard InChI is InChI=1S/C15H24ClN3O/c1-4-13-11-19(8-7-18(13)9-10-20-3)14-5-6-17-12(2)15(14)16/h5-6,13H,4,7-11H2,1-3H3. The van der Waals surface area contributed by atoms with Gasteiger partial charge in [0.05, 0.1) is 23.0 Å². The van der Waals surface area contributed by atoms with Gasteiger partial charge < -0.3 is 9.64 Å². The van der Waals surface area contributed by atoms with Gasteiger partial charge in [-0.25, -0.2) is 0 Å². The maximum Gasteiger partial charge on any atom is 0.0851 e. The van der Waals surface area contributed by atoms with Crippen LogP contribution in [-0.2, 0) is 4.74 Å². The minimum Gasteiger partial charge on any atom is -0.383 e. The van der Waals surface area contributed by atoms with E-state index in [9.17, 15) is 0 Å². The number of anilines is 1. The van der Waals surface area contributed by atoms with E-state index >= 15 is 0 Å². The third-order valence-corrected chi connectivity index (χ3v) is 4.51. The topological polar surface area (TPSA) is 28.6 Å². The molecule has 4 nitrogen and oxygen atoms in total. The van der Waals surface area contributed by atoms with Crippen molar-refractivity contribution in [2.45, 2.75) is 26.3 Å². The molecule has 0 N–H and O–H groups in total. The lowest BCUT2D eigenvalue weighted by Crippen LogP contribution is -2.53. The molecule has 2 rings (SSSR count). The summed E-state index contributed by atoms with van der Waals surface area (Å²) in [7, 11) is 1.76. The van der Waals surface area contributed by atoms with Crippen LogP contribution in [-0.4, -0.2) is 55.8 Å². The average molecular weight is 298 g/mol. The van der Waals surface area contributed by atoms with Gasteiger partial charge in [-0.1, -0.05) is 18.5 Å². The molecule has 0 aliphatic carbocycles. The molecule has 5 heteroatoms. The molecule has 1 atom stereocenters. The molecule has 0 amide bonds. The van der Waals surface area contributed by atoms with E-state index in [0.717, 1.165) is 55.6 Å². The lowest BCUT2D eigenvalue weighted by molar-refractivity contribution is 0.109. The first-order valence-corrected chi connectivity index (χ1v) is 7.64. The highest BCUT2D eigenvalue weighted by atomic mass is 35.5. The Hall–Kier alpha value is -0.840. The number of pyridine rings is 1. The van der Waals surface area contributed by atoms with Crippen molar-refractivity contribution in [2.24, 2.45) is 0 Å². The first-order valence-electron chi connectivity index (χ1n) is 7.26. The van der Waals surface area contributed by atoms with Crippen LogP contribution < -0.4 is 4.90 Å². The third-order valence-electron chi connectivity index (χ3n) is 4.04. The molecule has 1 aromatic rings. The Balaban J connectivity index is 2.07. The number of aromatic nitrogens is 1. The fourth-order valence-electron chi connectivity index (χ4n) is 2.78. The van der Waals surface area contributed by atoms with Crippen molar-refractivity contribution in [3.8, 4) is 0 Å². The lowest BCUT2D eigenvalue weighted by atomic mass is 10.1. The average Bonchev–Trinajstić information content (AvgIpc) is 2.48. The molecule has 1 aromatic heterocycles. The minimum atomic E-state index is 0.559. The van der Waals surface area contributed by atoms with Gasteiger partial charge in [0.2, 0.25) is 0 Å². The van der Waals surface area contributed by atoms with E-state index in [-0.39, 0.29) is 0 Å². The number of ether oxygens (including phenoxy) is 1. The van der Waals surface area contributed by atoms with E-state index < -0.39 is 0 Å². The normalized spacial score (nSPS) is 20.4. The van der Waals surface area contributed by atoms with Crippen molar-refractivity contribution >= 4 is 17.3 Å². The SMILES string of the molecule is CCC1CN(c2ccnc(C)c2Cl)CCN1CCOC. The molecule has 1 unspecified atom stereocenters. The molecule has 0 aromatic carbocycles. The summed E-state index contributed by atoms with van der Waals surface area (Å²) in [6.07, 6.45) is 2.98. The van der Waals surface area contributed by atoms with Gasteiger partial charge >= 0.3 is 0 Å². The molecular formula is C15H24ClN3O. The first kappa shape index (κ1) is 15.5. The second-order valence-corrected chi connectivity index (χ2v) is 5.64. The van der Waals surface area contributed by atoms with Crippen LogP contribution in [0.2, 0.25) is 5.02 Å². The summed E-state index contributed by atoms with van der Waals surface area (Å²) in [5.74, 6) is 0. The highest BCUT2D eigenvalue weighted by Crippen LogP contribution is 2.29. The molecule has 1 aliphatic heterocycles. The van der Waals surface area contributed by atoms with Crippen LogP contribution in [0, 0.1) is 6.92 Å². The number of hydrogen-bond donors (Lipinski definition) is 0. The second kappa shape index (κ2) is 7.25. The zero-order chi connectivity index (χ0) is 14.5. The summed E-state index contributed by atoms with van der Waals surface area (Å²) in [6, 6.07) is 2.58. The summed E-state index contributed by atoms with van der Waals surface area (Å²) < 4.78 is 5.20. The van der Waals surface area contributed by atoms with Crippen LogP contribution in [0.15, 0.2) is 12.3 Å². The van der Waals surface area contributed by atoms with E-state index in [2.05, 4.69) is 21.7 Å². The predicted molar refractivity (Wildman–Crippen MR) is 83.7 cm³/mol. The van der Waals surface area contributed by atoms with E-state index in [4.69, 9.17) is 16.3 Å². The molecule has 0 bridgehead atoms. The number of nitrogens with zero attached hydrogens (tertiary/aromatic N) is 3. The van der Waals surface area contributed by atoms with Crippen molar-refractivity contribution in [3.05, 3.63) is 23.0 Å². The number of piperazine rings is 1. The summed E-state index contributed by atoms with van der Waals surface area (Å²) >= 11 is 6.40. The third kappa shape index (κ3) is 3.43. The molecule has 20 heavy (non-hydrogen) atoms. The predicted octanol–water partition coefficient (Wildman–Crippen LogP) is 2.59. The van der Waals surface area contributed by atoms with E-state index in [1.165, 1.54) is 0 Å². The highest BCUT2D eigenvalue weighted by Gasteiger charge is 2.26. The monoisotopic (exact) mass is 297 g/mol. The number of rotatable bonds is 5. The molecule has 0 saturated carbocycles. The van der Waals surface area contributed by atoms with Crippen molar-refractivity contribution in [1.29, 1.82) is 0 Å². The Morgan fingerprint density at radius 2 is 2.25 bits per heavy atom. The van der Waals surface area contributed by atoms with Crippen molar-refractivity contribution < 1.29 is 4.74 Å². The maximum atomic E-state index is 6.40. The summed E-state index contributed by atoms with van der Waals surface area (Å²) in [6.45, 7) is 9.08. The second-order valence-electron chi connectivity index (χ2n) is 5.27. The van der Waals surface area contributed by atoms with Crippen molar-refractivity contribution in [2.75, 3.05) is 44.8 Å². The van der Waals surface area contributed by atoms with Crippen LogP contribution in [0.5, 0.6) is 0 Å². The summed E-state index contributed by atoms with van der Waals surface area (Å²) in [4.78, 5) is 9.14. The Morgan fingerprint density at radius 3 is 2.95 bits per heavy atom. The molecule has 0 spiro atoms. The molecule has 0 radical (unpaired) electrons. The van der Waals surface area contributed by atoms with Crippen LogP contribution in [0.25, 0.3) is 0 Å². The van der Waals surface area contributed by atoms with Crippen molar-refractivity contribution in [1.82, 2.24) is 9.88 Å². The molecule has 1 saturated heterocycles. The van der Waals surface area contributed by atoms with Gasteiger partial charge in [0.25, 0.3) is 0 Å². The molecule has 1 aliphatic rings. The number of hydrogen-bond acceptors (Lipinski definition) is 4. The maximum absolute atomic E-state index is 6.40. The number of methoxy groups -OCH3 is 1. The van der Waals surface area contributed by atoms with E-state index in [1.54, 1.807) is 7.11 Å². The molecule has 1 fully saturated rings. The zero-order valence-electron chi connectivity index (χ0n) is 12.6. The Labute approximate surface area is 126 Å². The van der Waals surface area contributed by atoms with Crippen LogP contribution in [0.1, 0.15) is 19.0 Å². The van der Waals surface area contributed by atoms with Gasteiger partial charge in [-0.2, -0.15) is 0 Å². The Morgan fingerprint density at radius 1 is 1.45 bits per heavy atom. The Kier molecular flexibility index (Phi) is 5.64. The van der Waals surface area contributed by atoms with Gasteiger partial charge in [-0.3, -0.25) is 9.88 Å². The van der Waals surface area contributed by atoms with Gasteiger partial charge in [0.1, 0.15) is 0 Å². The fourth-order valence-corrected chi connectivity index (χ4v) is 3.01. The molecular weight excluding hydrogens is 274 g/mol. The van der Waals surface area contributed by atoms with E-state index in [0.29, 0.717) is 6.04 Å². The summed E-state index contributed by atoms with van der Waals surface area (Å²) in [5.41, 5.74) is 2.02. The molecule has 112 valence electrons. The highest BCUT2D eigenvalue weighted by molar-refractivity contribution is 6.33. The minimum absolute atomic E-state index is 0.559. The molecule has 2 heterocycles. The van der Waals surface area contributed by atoms with Crippen LogP contribution in [0.3, 0.4) is 0 Å². The quantitative estimate of drug-likeness (QED) is 0.835. The van der Waals surface area contributed by atoms with E-state index in [1.807, 2.05) is 19.2 Å². The largest absolute Gasteiger partial charge is 0.383 e. The smallest absolute Gasteiger partial charge is 0.0851 e. The summed E-state index contributed by atoms with van der Waals surface area (Å²) in [5, 5.41) is 0.785.